The number of fused-ring (bicyclic) bond motifs is 2. The molecule has 4 atom stereocenters. The largest absolute Gasteiger partial charge is 0.351 e. The van der Waals surface area contributed by atoms with E-state index in [-0.39, 0.29) is 23.7 Å². The Morgan fingerprint density at radius 3 is 1.18 bits per heavy atom. The fraction of sp³-hybridized carbons (Fsp3) is 0.267. The average molecular weight is 445 g/mol. The Labute approximate surface area is 197 Å². The number of nitrogens with one attached hydrogen (secondary N) is 2. The van der Waals surface area contributed by atoms with E-state index in [2.05, 4.69) is 58.5 Å². The smallest absolute Gasteiger partial charge is 0.166 e. The maximum absolute atomic E-state index is 12.3. The molecule has 0 saturated heterocycles. The summed E-state index contributed by atoms with van der Waals surface area (Å²) in [6.07, 6.45) is 6.32. The summed E-state index contributed by atoms with van der Waals surface area (Å²) in [5.74, 6) is 1.08. The van der Waals surface area contributed by atoms with Gasteiger partial charge >= 0.3 is 0 Å². The summed E-state index contributed by atoms with van der Waals surface area (Å²) >= 11 is 0. The zero-order valence-corrected chi connectivity index (χ0v) is 18.7. The van der Waals surface area contributed by atoms with Gasteiger partial charge in [-0.1, -0.05) is 48.5 Å². The molecular weight excluding hydrogens is 420 g/mol. The van der Waals surface area contributed by atoms with Crippen LogP contribution in [-0.2, 0) is 0 Å². The number of hydrogen-bond donors (Lipinski definition) is 2. The summed E-state index contributed by atoms with van der Waals surface area (Å²) in [4.78, 5) is 31.6. The van der Waals surface area contributed by atoms with Crippen LogP contribution >= 0.6 is 0 Å². The van der Waals surface area contributed by atoms with Gasteiger partial charge in [0, 0.05) is 23.7 Å². The fourth-order valence-corrected chi connectivity index (χ4v) is 7.93. The maximum Gasteiger partial charge on any atom is 0.166 e. The Morgan fingerprint density at radius 1 is 0.529 bits per heavy atom. The summed E-state index contributed by atoms with van der Waals surface area (Å²) in [6.45, 7) is 0. The van der Waals surface area contributed by atoms with E-state index in [0.29, 0.717) is 11.4 Å². The molecule has 0 spiro atoms. The Balaban J connectivity index is 1.41. The Kier molecular flexibility index (Phi) is 3.57. The molecule has 2 aromatic carbocycles. The first kappa shape index (κ1) is 18.7. The summed E-state index contributed by atoms with van der Waals surface area (Å²) in [5, 5.41) is 0. The van der Waals surface area contributed by atoms with Crippen LogP contribution in [0, 0.1) is 0 Å². The van der Waals surface area contributed by atoms with Crippen molar-refractivity contribution in [1.29, 1.82) is 0 Å². The number of rotatable bonds is 3. The highest BCUT2D eigenvalue weighted by Gasteiger charge is 2.45. The molecule has 0 radical (unpaired) electrons. The first-order valence-corrected chi connectivity index (χ1v) is 12.4. The van der Waals surface area contributed by atoms with Gasteiger partial charge in [-0.25, -0.2) is 0 Å². The highest BCUT2D eigenvalue weighted by atomic mass is 16.1. The third kappa shape index (κ3) is 2.10. The quantitative estimate of drug-likeness (QED) is 0.360. The molecule has 4 nitrogen and oxygen atoms in total. The predicted molar refractivity (Wildman–Crippen MR) is 130 cm³/mol. The molecule has 4 unspecified atom stereocenters. The van der Waals surface area contributed by atoms with Gasteiger partial charge in [0.05, 0.1) is 22.8 Å². The number of hydrogen-bond acceptors (Lipinski definition) is 2. The Hall–Kier alpha value is -3.66. The van der Waals surface area contributed by atoms with Gasteiger partial charge in [0.2, 0.25) is 0 Å². The van der Waals surface area contributed by atoms with Crippen molar-refractivity contribution in [2.24, 2.45) is 0 Å². The number of aromatic nitrogens is 2. The van der Waals surface area contributed by atoms with Gasteiger partial charge in [0.25, 0.3) is 0 Å². The molecule has 2 heterocycles. The van der Waals surface area contributed by atoms with Crippen molar-refractivity contribution < 1.29 is 9.59 Å². The molecule has 4 heteroatoms. The van der Waals surface area contributed by atoms with Gasteiger partial charge in [-0.15, -0.1) is 0 Å². The van der Waals surface area contributed by atoms with Crippen molar-refractivity contribution in [3.8, 4) is 11.4 Å². The van der Waals surface area contributed by atoms with Gasteiger partial charge in [-0.05, 0) is 70.2 Å². The van der Waals surface area contributed by atoms with Gasteiger partial charge < -0.3 is 9.97 Å². The summed E-state index contributed by atoms with van der Waals surface area (Å²) in [7, 11) is 0. The second-order valence-corrected chi connectivity index (χ2v) is 10.3. The lowest BCUT2D eigenvalue weighted by molar-refractivity contribution is 0.111. The first-order chi connectivity index (χ1) is 16.8. The van der Waals surface area contributed by atoms with Crippen molar-refractivity contribution in [3.05, 3.63) is 104 Å². The zero-order valence-electron chi connectivity index (χ0n) is 18.7. The molecule has 4 bridgehead atoms. The highest BCUT2D eigenvalue weighted by molar-refractivity contribution is 5.88. The van der Waals surface area contributed by atoms with Crippen molar-refractivity contribution in [3.63, 3.8) is 0 Å². The van der Waals surface area contributed by atoms with Gasteiger partial charge in [0.1, 0.15) is 0 Å². The number of H-pyrrole nitrogens is 2. The highest BCUT2D eigenvalue weighted by Crippen LogP contribution is 2.60. The van der Waals surface area contributed by atoms with E-state index in [1.807, 2.05) is 0 Å². The topological polar surface area (TPSA) is 65.7 Å². The van der Waals surface area contributed by atoms with Crippen LogP contribution in [0.3, 0.4) is 0 Å². The van der Waals surface area contributed by atoms with Crippen molar-refractivity contribution in [2.45, 2.75) is 49.4 Å². The van der Waals surface area contributed by atoms with Crippen molar-refractivity contribution in [1.82, 2.24) is 9.97 Å². The molecule has 2 N–H and O–H groups in total. The lowest BCUT2D eigenvalue weighted by atomic mass is 9.62. The molecular formula is C30H24N2O2. The predicted octanol–water partition coefficient (Wildman–Crippen LogP) is 6.38. The molecule has 6 aliphatic rings. The second kappa shape index (κ2) is 6.47. The molecule has 2 aromatic heterocycles. The Morgan fingerprint density at radius 2 is 0.853 bits per heavy atom. The average Bonchev–Trinajstić information content (AvgIpc) is 3.50. The van der Waals surface area contributed by atoms with Gasteiger partial charge in [-0.2, -0.15) is 0 Å². The monoisotopic (exact) mass is 444 g/mol. The number of carbonyl (C=O) groups excluding carboxylic acids is 2. The van der Waals surface area contributed by atoms with E-state index in [9.17, 15) is 9.59 Å². The van der Waals surface area contributed by atoms with Crippen LogP contribution in [-0.4, -0.2) is 22.5 Å². The lowest BCUT2D eigenvalue weighted by Crippen LogP contribution is -2.25. The minimum absolute atomic E-state index is 0.259. The fourth-order valence-electron chi connectivity index (χ4n) is 7.93. The third-order valence-corrected chi connectivity index (χ3v) is 9.08. The molecule has 0 amide bonds. The number of carbonyl (C=O) groups is 2. The standard InChI is InChI=1S/C30H24N2O2/c33-13-23-25-19-9-11-21(17-7-3-1-5-15(17)19)27(25)29(31-23)30-28-22-12-10-20(26(28)24(14-34)32-30)16-6-2-4-8-18(16)22/h1-8,13-14,19-22,31-32H,9-12H2. The molecule has 10 rings (SSSR count). The zero-order chi connectivity index (χ0) is 22.6. The number of aldehydes is 2. The molecule has 0 saturated carbocycles. The van der Waals surface area contributed by atoms with E-state index < -0.39 is 0 Å². The van der Waals surface area contributed by atoms with Crippen LogP contribution in [0.5, 0.6) is 0 Å². The van der Waals surface area contributed by atoms with Crippen molar-refractivity contribution in [2.75, 3.05) is 0 Å². The van der Waals surface area contributed by atoms with Crippen LogP contribution in [0.2, 0.25) is 0 Å². The van der Waals surface area contributed by atoms with Crippen LogP contribution in [0.25, 0.3) is 11.4 Å². The van der Waals surface area contributed by atoms with E-state index in [1.165, 1.54) is 44.5 Å². The molecule has 6 aliphatic carbocycles. The van der Waals surface area contributed by atoms with E-state index in [1.54, 1.807) is 0 Å². The minimum Gasteiger partial charge on any atom is -0.351 e. The third-order valence-electron chi connectivity index (χ3n) is 9.08. The summed E-state index contributed by atoms with van der Waals surface area (Å²) < 4.78 is 0. The molecule has 4 aromatic rings. The lowest BCUT2D eigenvalue weighted by Gasteiger charge is -2.40. The number of aromatic amines is 2. The summed E-state index contributed by atoms with van der Waals surface area (Å²) in [6, 6.07) is 17.4. The van der Waals surface area contributed by atoms with Crippen LogP contribution in [0.1, 0.15) is 115 Å². The van der Waals surface area contributed by atoms with E-state index in [0.717, 1.165) is 49.6 Å². The van der Waals surface area contributed by atoms with Gasteiger partial charge in [0.15, 0.2) is 12.6 Å². The molecule has 34 heavy (non-hydrogen) atoms. The molecule has 0 fully saturated rings. The van der Waals surface area contributed by atoms with Crippen molar-refractivity contribution >= 4 is 12.6 Å². The maximum atomic E-state index is 12.3. The normalized spacial score (nSPS) is 24.8. The molecule has 0 aliphatic heterocycles. The van der Waals surface area contributed by atoms with Crippen LogP contribution in [0.4, 0.5) is 0 Å². The van der Waals surface area contributed by atoms with Crippen LogP contribution < -0.4 is 0 Å². The second-order valence-electron chi connectivity index (χ2n) is 10.3. The van der Waals surface area contributed by atoms with E-state index in [4.69, 9.17) is 0 Å². The Bertz CT molecular complexity index is 1420. The van der Waals surface area contributed by atoms with E-state index >= 15 is 0 Å². The van der Waals surface area contributed by atoms with Gasteiger partial charge in [-0.3, -0.25) is 9.59 Å². The summed E-state index contributed by atoms with van der Waals surface area (Å²) in [5.41, 5.74) is 13.9. The SMILES string of the molecule is O=Cc1[nH]c(-c2[nH]c(C=O)c3c2C2CCC3c3ccccc32)c2c1C1CCC2c2ccccc21. The van der Waals surface area contributed by atoms with Crippen LogP contribution in [0.15, 0.2) is 48.5 Å². The molecule has 166 valence electrons. The first-order valence-electron chi connectivity index (χ1n) is 12.4. The number of benzene rings is 2. The minimum atomic E-state index is 0.259.